The summed E-state index contributed by atoms with van der Waals surface area (Å²) < 4.78 is 0. The van der Waals surface area contributed by atoms with Gasteiger partial charge in [0.05, 0.1) is 6.42 Å². The first kappa shape index (κ1) is 103. The average molecular weight is 1650 g/mol. The number of nitrogens with one attached hydrogen (secondary N) is 27. The van der Waals surface area contributed by atoms with E-state index in [0.29, 0.717) is 0 Å². The lowest BCUT2D eigenvalue weighted by Gasteiger charge is -2.28. The normalized spacial score (nSPS) is 13.2. The SMILES string of the molecule is CC(=O)N[C@@H](CCCNC(=N)N)C(=O)N[C@@H](CCCNC(=N)N)C(=O)N[C@@H](CCCCNC(=O)[C@H](CCCNC(=N)N)NC(=O)[C@H](CCCNC(=N)N)NC(=O)CCC(=O)NC(CC(=O)O)C(=O)O)C(=O)N[C@@H](CCCNC(=N)N)C(=O)N[C@@H](CCCNC(=N)N)C(=O)N[C@@H](CCCNC(=N)N)C(=O)N[C@@H](CCCNC(=N)N)C(N)=O. The molecule has 0 saturated heterocycles. The minimum absolute atomic E-state index is 0.0109. The number of amides is 12. The zero-order valence-electron chi connectivity index (χ0n) is 65.0. The average Bonchev–Trinajstić information content (AvgIpc) is 0.861. The maximum absolute atomic E-state index is 15.1. The first-order chi connectivity index (χ1) is 54.6. The summed E-state index contributed by atoms with van der Waals surface area (Å²) >= 11 is 0. The molecule has 0 aromatic carbocycles. The van der Waals surface area contributed by atoms with E-state index in [-0.39, 0.29) is 193 Å². The second-order valence-electron chi connectivity index (χ2n) is 26.4. The van der Waals surface area contributed by atoms with Gasteiger partial charge in [-0.05, 0) is 122 Å². The van der Waals surface area contributed by atoms with Crippen LogP contribution in [0.25, 0.3) is 0 Å². The second-order valence-corrected chi connectivity index (χ2v) is 26.4. The van der Waals surface area contributed by atoms with Gasteiger partial charge in [0, 0.05) is 78.7 Å². The summed E-state index contributed by atoms with van der Waals surface area (Å²) in [5.74, 6) is -17.6. The van der Waals surface area contributed by atoms with Crippen molar-refractivity contribution in [3.05, 3.63) is 0 Å². The van der Waals surface area contributed by atoms with Crippen molar-refractivity contribution in [2.45, 2.75) is 209 Å². The van der Waals surface area contributed by atoms with E-state index in [0.717, 1.165) is 6.92 Å². The molecular formula is C64H122N36O16. The lowest BCUT2D eigenvalue weighted by Crippen LogP contribution is -2.60. The van der Waals surface area contributed by atoms with Crippen LogP contribution in [0.4, 0.5) is 0 Å². The van der Waals surface area contributed by atoms with Crippen molar-refractivity contribution >= 4 is 131 Å². The van der Waals surface area contributed by atoms with E-state index < -0.39 is 198 Å². The van der Waals surface area contributed by atoms with E-state index >= 15 is 4.79 Å². The van der Waals surface area contributed by atoms with E-state index in [9.17, 15) is 67.4 Å². The molecule has 10 atom stereocenters. The Balaban J connectivity index is 7.94. The number of carboxylic acids is 2. The van der Waals surface area contributed by atoms with E-state index in [4.69, 9.17) is 100.0 Å². The van der Waals surface area contributed by atoms with Crippen LogP contribution in [0, 0.1) is 43.3 Å². The maximum Gasteiger partial charge on any atom is 0.326 e. The Morgan fingerprint density at radius 2 is 0.448 bits per heavy atom. The Labute approximate surface area is 669 Å². The molecule has 0 bridgehead atoms. The predicted molar refractivity (Wildman–Crippen MR) is 423 cm³/mol. The van der Waals surface area contributed by atoms with Crippen molar-refractivity contribution < 1.29 is 77.3 Å². The van der Waals surface area contributed by atoms with Crippen molar-refractivity contribution in [1.82, 2.24) is 101 Å². The molecule has 0 rings (SSSR count). The van der Waals surface area contributed by atoms with Crippen molar-refractivity contribution in [1.29, 1.82) is 43.3 Å². The topological polar surface area (TPSA) is 933 Å². The van der Waals surface area contributed by atoms with Gasteiger partial charge >= 0.3 is 11.9 Å². The van der Waals surface area contributed by atoms with Gasteiger partial charge in [0.2, 0.25) is 70.9 Å². The number of hydrogen-bond donors (Lipinski definition) is 38. The van der Waals surface area contributed by atoms with Gasteiger partial charge in [-0.1, -0.05) is 0 Å². The highest BCUT2D eigenvalue weighted by atomic mass is 16.4. The van der Waals surface area contributed by atoms with Crippen molar-refractivity contribution in [2.24, 2.45) is 51.6 Å². The van der Waals surface area contributed by atoms with Crippen LogP contribution < -0.4 is 153 Å². The van der Waals surface area contributed by atoms with Crippen LogP contribution >= 0.6 is 0 Å². The van der Waals surface area contributed by atoms with E-state index in [2.05, 4.69) is 95.7 Å². The molecule has 0 aromatic rings. The molecule has 0 heterocycles. The van der Waals surface area contributed by atoms with Gasteiger partial charge in [-0.25, -0.2) is 4.79 Å². The van der Waals surface area contributed by atoms with Crippen LogP contribution in [0.2, 0.25) is 0 Å². The van der Waals surface area contributed by atoms with Gasteiger partial charge in [-0.2, -0.15) is 0 Å². The van der Waals surface area contributed by atoms with Crippen molar-refractivity contribution in [3.8, 4) is 0 Å². The Bertz CT molecular complexity index is 3350. The van der Waals surface area contributed by atoms with Crippen molar-refractivity contribution in [2.75, 3.05) is 58.9 Å². The van der Waals surface area contributed by atoms with Gasteiger partial charge in [-0.3, -0.25) is 106 Å². The third-order valence-corrected chi connectivity index (χ3v) is 16.5. The summed E-state index contributed by atoms with van der Waals surface area (Å²) in [5, 5.41) is 128. The Kier molecular flexibility index (Phi) is 51.9. The maximum atomic E-state index is 15.1. The summed E-state index contributed by atoms with van der Waals surface area (Å²) in [5.41, 5.74) is 49.5. The standard InChI is InChI=1S/C64H122N36O16/c1-33(101)91-36(15-6-26-85-59(70)71)49(108)97-40(18-9-29-88-62(76)77)53(112)96-38(12-2-3-23-82-48(107)35(14-5-25-84-58(68)69)95-50(109)37(16-7-27-86-60(72)73)92-44(102)21-22-45(103)93-43(56(115)116)32-46(104)105)52(111)99-41(19-10-30-89-63(78)79)55(114)100-42(20-11-31-90-64(80)81)54(113)98-39(17-8-28-87-61(74)75)51(110)94-34(47(65)106)13-4-24-83-57(66)67/h34-43H,2-32H2,1H3,(H2,65,106)(H,82,107)(H,91,101)(H,92,102)(H,93,103)(H,94,110)(H,95,109)(H,96,112)(H,97,108)(H,98,113)(H,99,111)(H,100,114)(H,104,105)(H,115,116)(H4,66,67,83)(H4,68,69,84)(H4,70,71,85)(H4,72,73,86)(H4,74,75,87)(H4,76,77,88)(H4,78,79,89)(H4,80,81,90)/t34-,35-,36-,37-,38-,39-,40-,41-,42-,43?/m0/s1. The van der Waals surface area contributed by atoms with E-state index in [1.165, 1.54) is 0 Å². The molecule has 0 aliphatic rings. The van der Waals surface area contributed by atoms with Crippen LogP contribution in [0.5, 0.6) is 0 Å². The van der Waals surface area contributed by atoms with Gasteiger partial charge in [0.25, 0.3) is 0 Å². The number of guanidine groups is 8. The zero-order valence-corrected chi connectivity index (χ0v) is 65.0. The molecule has 0 aliphatic heterocycles. The number of carboxylic acid groups (broad SMARTS) is 2. The Hall–Kier alpha value is -13.3. The van der Waals surface area contributed by atoms with E-state index in [1.807, 2.05) is 5.32 Å². The Morgan fingerprint density at radius 3 is 0.672 bits per heavy atom. The summed E-state index contributed by atoms with van der Waals surface area (Å²) in [6.07, 6.45) is -3.31. The quantitative estimate of drug-likeness (QED) is 0.0153. The molecule has 0 aromatic heterocycles. The molecule has 1 unspecified atom stereocenters. The van der Waals surface area contributed by atoms with E-state index in [1.54, 1.807) is 0 Å². The highest BCUT2D eigenvalue weighted by Gasteiger charge is 2.35. The lowest BCUT2D eigenvalue weighted by molar-refractivity contribution is -0.147. The fraction of sp³-hybridized carbons (Fsp3) is 0.656. The highest BCUT2D eigenvalue weighted by Crippen LogP contribution is 2.12. The van der Waals surface area contributed by atoms with Crippen LogP contribution in [0.1, 0.15) is 148 Å². The minimum atomic E-state index is -1.83. The number of unbranched alkanes of at least 4 members (excludes halogenated alkanes) is 1. The third-order valence-electron chi connectivity index (χ3n) is 16.5. The van der Waals surface area contributed by atoms with Gasteiger partial charge in [-0.15, -0.1) is 0 Å². The molecule has 654 valence electrons. The minimum Gasteiger partial charge on any atom is -0.481 e. The van der Waals surface area contributed by atoms with Crippen LogP contribution in [0.15, 0.2) is 0 Å². The Morgan fingerprint density at radius 1 is 0.250 bits per heavy atom. The summed E-state index contributed by atoms with van der Waals surface area (Å²) in [6, 6.07) is -15.1. The molecule has 116 heavy (non-hydrogen) atoms. The van der Waals surface area contributed by atoms with Gasteiger partial charge in [0.15, 0.2) is 47.7 Å². The highest BCUT2D eigenvalue weighted by molar-refractivity contribution is 5.98. The molecule has 52 nitrogen and oxygen atoms in total. The zero-order chi connectivity index (χ0) is 87.8. The molecule has 0 aliphatic carbocycles. The van der Waals surface area contributed by atoms with Crippen LogP contribution in [-0.2, 0) is 67.1 Å². The molecule has 52 heteroatoms. The van der Waals surface area contributed by atoms with Gasteiger partial charge in [0.1, 0.15) is 60.4 Å². The van der Waals surface area contributed by atoms with Crippen LogP contribution in [-0.4, -0.2) is 260 Å². The number of carbonyl (C=O) groups is 14. The molecule has 0 fully saturated rings. The second kappa shape index (κ2) is 58.6. The molecule has 12 amide bonds. The molecule has 0 radical (unpaired) electrons. The smallest absolute Gasteiger partial charge is 0.326 e. The molecule has 0 spiro atoms. The number of nitrogens with two attached hydrogens (primary N) is 9. The number of hydrogen-bond acceptors (Lipinski definition) is 22. The van der Waals surface area contributed by atoms with Gasteiger partial charge < -0.3 is 163 Å². The first-order valence-electron chi connectivity index (χ1n) is 37.3. The number of rotatable bonds is 62. The third kappa shape index (κ3) is 51.3. The molecule has 0 saturated carbocycles. The van der Waals surface area contributed by atoms with Crippen molar-refractivity contribution in [3.63, 3.8) is 0 Å². The summed E-state index contributed by atoms with van der Waals surface area (Å²) in [4.78, 5) is 190. The number of primary amides is 1. The van der Waals surface area contributed by atoms with Crippen LogP contribution in [0.3, 0.4) is 0 Å². The summed E-state index contributed by atoms with van der Waals surface area (Å²) in [7, 11) is 0. The summed E-state index contributed by atoms with van der Waals surface area (Å²) in [6.45, 7) is 1.09. The predicted octanol–water partition coefficient (Wildman–Crippen LogP) is -11.9. The lowest BCUT2D eigenvalue weighted by atomic mass is 10.0. The number of carbonyl (C=O) groups excluding carboxylic acids is 12. The largest absolute Gasteiger partial charge is 0.481 e. The fourth-order valence-electron chi connectivity index (χ4n) is 10.8. The fourth-order valence-corrected chi connectivity index (χ4v) is 10.8. The number of aliphatic carboxylic acids is 2. The molecular weight excluding hydrogens is 1530 g/mol. The monoisotopic (exact) mass is 1650 g/mol. The molecule has 47 N–H and O–H groups in total. The first-order valence-corrected chi connectivity index (χ1v) is 37.3.